The number of nitrogens with zero attached hydrogens (tertiary/aromatic N) is 1. The van der Waals surface area contributed by atoms with E-state index in [9.17, 15) is 5.11 Å². The molecule has 60 valence electrons. The number of aliphatic hydroxyl groups excluding tert-OH is 1. The molecule has 1 unspecified atom stereocenters. The molecule has 0 aliphatic heterocycles. The number of hydrogen-bond donors (Lipinski definition) is 1. The fraction of sp³-hybridized carbons (Fsp3) is 0.286. The van der Waals surface area contributed by atoms with E-state index in [4.69, 9.17) is 0 Å². The van der Waals surface area contributed by atoms with Gasteiger partial charge in [0.25, 0.3) is 0 Å². The van der Waals surface area contributed by atoms with Crippen LogP contribution < -0.4 is 0 Å². The Morgan fingerprint density at radius 3 is 2.91 bits per heavy atom. The molecular weight excluding hydrogens is 274 g/mol. The van der Waals surface area contributed by atoms with Crippen molar-refractivity contribution in [2.24, 2.45) is 0 Å². The van der Waals surface area contributed by atoms with E-state index < -0.39 is 6.10 Å². The second-order valence-corrected chi connectivity index (χ2v) is 3.57. The van der Waals surface area contributed by atoms with Crippen LogP contribution in [0, 0.1) is 0 Å². The van der Waals surface area contributed by atoms with E-state index in [2.05, 4.69) is 36.8 Å². The zero-order chi connectivity index (χ0) is 8.27. The van der Waals surface area contributed by atoms with Gasteiger partial charge in [-0.05, 0) is 27.6 Å². The third-order valence-corrected chi connectivity index (χ3v) is 2.58. The van der Waals surface area contributed by atoms with Crippen molar-refractivity contribution in [1.29, 1.82) is 0 Å². The Balaban J connectivity index is 2.93. The van der Waals surface area contributed by atoms with Crippen LogP contribution in [0.4, 0.5) is 0 Å². The van der Waals surface area contributed by atoms with Gasteiger partial charge >= 0.3 is 0 Å². The monoisotopic (exact) mass is 279 g/mol. The molecule has 1 heterocycles. The number of aromatic nitrogens is 1. The molecule has 0 aliphatic rings. The molecule has 0 radical (unpaired) electrons. The van der Waals surface area contributed by atoms with Crippen LogP contribution in [0.25, 0.3) is 0 Å². The van der Waals surface area contributed by atoms with Crippen molar-refractivity contribution >= 4 is 31.9 Å². The van der Waals surface area contributed by atoms with Crippen LogP contribution >= 0.6 is 31.9 Å². The third kappa shape index (κ3) is 2.25. The summed E-state index contributed by atoms with van der Waals surface area (Å²) in [6.45, 7) is 0. The first-order valence-electron chi connectivity index (χ1n) is 3.09. The zero-order valence-electron chi connectivity index (χ0n) is 5.67. The molecule has 0 aromatic carbocycles. The molecule has 0 fully saturated rings. The standard InChI is InChI=1S/C7H7Br2NO/c8-3-7(11)5-1-2-10-4-6(5)9/h1-2,4,7,11H,3H2. The minimum Gasteiger partial charge on any atom is -0.387 e. The second-order valence-electron chi connectivity index (χ2n) is 2.07. The molecule has 1 N–H and O–H groups in total. The van der Waals surface area contributed by atoms with Gasteiger partial charge in [0.1, 0.15) is 0 Å². The van der Waals surface area contributed by atoms with Crippen LogP contribution in [0.3, 0.4) is 0 Å². The first-order chi connectivity index (χ1) is 5.25. The summed E-state index contributed by atoms with van der Waals surface area (Å²) in [6.07, 6.45) is 2.86. The van der Waals surface area contributed by atoms with E-state index in [0.29, 0.717) is 5.33 Å². The smallest absolute Gasteiger partial charge is 0.0898 e. The van der Waals surface area contributed by atoms with E-state index in [1.54, 1.807) is 18.5 Å². The molecule has 1 aromatic heterocycles. The molecule has 1 rings (SSSR count). The molecular formula is C7H7Br2NO. The second kappa shape index (κ2) is 4.18. The Kier molecular flexibility index (Phi) is 3.48. The van der Waals surface area contributed by atoms with Crippen molar-refractivity contribution < 1.29 is 5.11 Å². The normalized spacial score (nSPS) is 13.0. The molecule has 0 amide bonds. The molecule has 11 heavy (non-hydrogen) atoms. The molecule has 0 spiro atoms. The highest BCUT2D eigenvalue weighted by molar-refractivity contribution is 9.10. The molecule has 1 aromatic rings. The van der Waals surface area contributed by atoms with E-state index in [1.807, 2.05) is 0 Å². The highest BCUT2D eigenvalue weighted by atomic mass is 79.9. The van der Waals surface area contributed by atoms with Crippen LogP contribution in [0.2, 0.25) is 0 Å². The lowest BCUT2D eigenvalue weighted by molar-refractivity contribution is 0.204. The first kappa shape index (κ1) is 9.16. The number of alkyl halides is 1. The maximum absolute atomic E-state index is 9.41. The average Bonchev–Trinajstić information content (AvgIpc) is 2.04. The van der Waals surface area contributed by atoms with Gasteiger partial charge < -0.3 is 5.11 Å². The Morgan fingerprint density at radius 2 is 2.36 bits per heavy atom. The van der Waals surface area contributed by atoms with Crippen molar-refractivity contribution in [2.75, 3.05) is 5.33 Å². The fourth-order valence-electron chi connectivity index (χ4n) is 0.739. The third-order valence-electron chi connectivity index (χ3n) is 1.31. The lowest BCUT2D eigenvalue weighted by Gasteiger charge is -2.07. The predicted molar refractivity (Wildman–Crippen MR) is 50.7 cm³/mol. The van der Waals surface area contributed by atoms with Gasteiger partial charge in [0.2, 0.25) is 0 Å². The summed E-state index contributed by atoms with van der Waals surface area (Å²) < 4.78 is 0.840. The summed E-state index contributed by atoms with van der Waals surface area (Å²) in [6, 6.07) is 1.79. The van der Waals surface area contributed by atoms with E-state index in [-0.39, 0.29) is 0 Å². The van der Waals surface area contributed by atoms with Gasteiger partial charge in [-0.1, -0.05) is 15.9 Å². The largest absolute Gasteiger partial charge is 0.387 e. The van der Waals surface area contributed by atoms with Crippen LogP contribution in [0.15, 0.2) is 22.9 Å². The van der Waals surface area contributed by atoms with Gasteiger partial charge in [-0.2, -0.15) is 0 Å². The van der Waals surface area contributed by atoms with Crippen molar-refractivity contribution in [3.63, 3.8) is 0 Å². The maximum atomic E-state index is 9.41. The van der Waals surface area contributed by atoms with Crippen LogP contribution in [0.5, 0.6) is 0 Å². The number of hydrogen-bond acceptors (Lipinski definition) is 2. The first-order valence-corrected chi connectivity index (χ1v) is 5.00. The maximum Gasteiger partial charge on any atom is 0.0898 e. The quantitative estimate of drug-likeness (QED) is 0.843. The molecule has 2 nitrogen and oxygen atoms in total. The highest BCUT2D eigenvalue weighted by Gasteiger charge is 2.08. The van der Waals surface area contributed by atoms with Crippen molar-refractivity contribution in [2.45, 2.75) is 6.10 Å². The number of rotatable bonds is 2. The molecule has 1 atom stereocenters. The molecule has 0 saturated heterocycles. The van der Waals surface area contributed by atoms with Gasteiger partial charge in [0.15, 0.2) is 0 Å². The van der Waals surface area contributed by atoms with Gasteiger partial charge in [-0.15, -0.1) is 0 Å². The SMILES string of the molecule is OC(CBr)c1ccncc1Br. The highest BCUT2D eigenvalue weighted by Crippen LogP contribution is 2.22. The Morgan fingerprint density at radius 1 is 1.64 bits per heavy atom. The minimum atomic E-state index is -0.465. The molecule has 0 aliphatic carbocycles. The fourth-order valence-corrected chi connectivity index (χ4v) is 1.60. The molecule has 4 heteroatoms. The zero-order valence-corrected chi connectivity index (χ0v) is 8.84. The Bertz CT molecular complexity index is 242. The lowest BCUT2D eigenvalue weighted by Crippen LogP contribution is -1.99. The van der Waals surface area contributed by atoms with Crippen molar-refractivity contribution in [3.05, 3.63) is 28.5 Å². The molecule has 0 saturated carbocycles. The van der Waals surface area contributed by atoms with Crippen LogP contribution in [-0.4, -0.2) is 15.4 Å². The number of aliphatic hydroxyl groups is 1. The van der Waals surface area contributed by atoms with Crippen molar-refractivity contribution in [1.82, 2.24) is 4.98 Å². The van der Waals surface area contributed by atoms with E-state index in [0.717, 1.165) is 10.0 Å². The number of pyridine rings is 1. The molecule has 0 bridgehead atoms. The van der Waals surface area contributed by atoms with Gasteiger partial charge in [-0.3, -0.25) is 4.98 Å². The van der Waals surface area contributed by atoms with Gasteiger partial charge in [0.05, 0.1) is 6.10 Å². The van der Waals surface area contributed by atoms with Crippen LogP contribution in [-0.2, 0) is 0 Å². The number of halogens is 2. The minimum absolute atomic E-state index is 0.465. The summed E-state index contributed by atoms with van der Waals surface area (Å²) in [5, 5.41) is 9.94. The summed E-state index contributed by atoms with van der Waals surface area (Å²) in [5.74, 6) is 0. The van der Waals surface area contributed by atoms with Gasteiger partial charge in [-0.25, -0.2) is 0 Å². The topological polar surface area (TPSA) is 33.1 Å². The Labute approximate surface area is 81.9 Å². The average molecular weight is 281 g/mol. The van der Waals surface area contributed by atoms with E-state index >= 15 is 0 Å². The van der Waals surface area contributed by atoms with Crippen LogP contribution in [0.1, 0.15) is 11.7 Å². The summed E-state index contributed by atoms with van der Waals surface area (Å²) in [5.41, 5.74) is 0.858. The summed E-state index contributed by atoms with van der Waals surface area (Å²) in [4.78, 5) is 3.89. The predicted octanol–water partition coefficient (Wildman–Crippen LogP) is 2.27. The summed E-state index contributed by atoms with van der Waals surface area (Å²) >= 11 is 6.49. The Hall–Kier alpha value is 0.0700. The lowest BCUT2D eigenvalue weighted by atomic mass is 10.2. The van der Waals surface area contributed by atoms with E-state index in [1.165, 1.54) is 0 Å². The van der Waals surface area contributed by atoms with Crippen molar-refractivity contribution in [3.8, 4) is 0 Å². The summed E-state index contributed by atoms with van der Waals surface area (Å²) in [7, 11) is 0. The van der Waals surface area contributed by atoms with Gasteiger partial charge in [0, 0.05) is 22.2 Å².